The van der Waals surface area contributed by atoms with Gasteiger partial charge in [-0.2, -0.15) is 9.78 Å². The monoisotopic (exact) mass is 488 g/mol. The smallest absolute Gasteiger partial charge is 0.315 e. The Bertz CT molecular complexity index is 1240. The van der Waals surface area contributed by atoms with Crippen LogP contribution in [0.1, 0.15) is 37.6 Å². The molecule has 0 bridgehead atoms. The first kappa shape index (κ1) is 22.4. The fraction of sp³-hybridized carbons (Fsp3) is 0.286. The van der Waals surface area contributed by atoms with Gasteiger partial charge < -0.3 is 9.47 Å². The van der Waals surface area contributed by atoms with Crippen molar-refractivity contribution in [1.82, 2.24) is 9.66 Å². The summed E-state index contributed by atoms with van der Waals surface area (Å²) in [7, 11) is 2.72. The van der Waals surface area contributed by atoms with E-state index in [-0.39, 0.29) is 28.7 Å². The van der Waals surface area contributed by atoms with Crippen LogP contribution in [0.5, 0.6) is 11.5 Å². The quantitative estimate of drug-likeness (QED) is 0.275. The van der Waals surface area contributed by atoms with E-state index in [9.17, 15) is 14.9 Å². The van der Waals surface area contributed by atoms with Gasteiger partial charge in [0.25, 0.3) is 5.56 Å². The highest BCUT2D eigenvalue weighted by atomic mass is 79.9. The second-order valence-electron chi connectivity index (χ2n) is 6.83. The van der Waals surface area contributed by atoms with Crippen molar-refractivity contribution in [3.05, 3.63) is 66.7 Å². The summed E-state index contributed by atoms with van der Waals surface area (Å²) in [6.45, 7) is 3.95. The average Bonchev–Trinajstić information content (AvgIpc) is 2.77. The van der Waals surface area contributed by atoms with Crippen molar-refractivity contribution in [2.45, 2.75) is 26.2 Å². The fourth-order valence-electron chi connectivity index (χ4n) is 3.08. The molecule has 9 nitrogen and oxygen atoms in total. The Kier molecular flexibility index (Phi) is 6.69. The minimum atomic E-state index is -0.565. The number of aromatic nitrogens is 2. The van der Waals surface area contributed by atoms with Crippen molar-refractivity contribution >= 4 is 38.7 Å². The third kappa shape index (κ3) is 4.43. The first-order valence-corrected chi connectivity index (χ1v) is 10.3. The molecule has 0 saturated heterocycles. The van der Waals surface area contributed by atoms with Gasteiger partial charge in [-0.05, 0) is 30.7 Å². The number of fused-ring (bicyclic) bond motifs is 1. The summed E-state index contributed by atoms with van der Waals surface area (Å²) in [6.07, 6.45) is 2.12. The van der Waals surface area contributed by atoms with E-state index in [1.807, 2.05) is 19.9 Å². The molecule has 0 fully saturated rings. The van der Waals surface area contributed by atoms with Crippen molar-refractivity contribution in [2.75, 3.05) is 14.2 Å². The first-order chi connectivity index (χ1) is 14.8. The molecule has 1 aromatic heterocycles. The number of nitro benzene ring substituents is 1. The molecule has 0 saturated carbocycles. The molecule has 0 N–H and O–H groups in total. The van der Waals surface area contributed by atoms with Crippen LogP contribution in [-0.4, -0.2) is 35.0 Å². The predicted molar refractivity (Wildman–Crippen MR) is 122 cm³/mol. The SMILES string of the molecule is CC[C@@H](C)c1nc2ccc(Br)cc2c(=O)n1N=Cc1cc(OC)c(OC)c([N+](=O)[O-])c1. The van der Waals surface area contributed by atoms with Crippen molar-refractivity contribution < 1.29 is 14.4 Å². The van der Waals surface area contributed by atoms with Gasteiger partial charge in [-0.15, -0.1) is 0 Å². The van der Waals surface area contributed by atoms with Crippen LogP contribution in [0.4, 0.5) is 5.69 Å². The number of hydrogen-bond donors (Lipinski definition) is 0. The van der Waals surface area contributed by atoms with Gasteiger partial charge in [0.05, 0.1) is 36.3 Å². The lowest BCUT2D eigenvalue weighted by Crippen LogP contribution is -2.23. The van der Waals surface area contributed by atoms with Crippen molar-refractivity contribution in [3.8, 4) is 11.5 Å². The number of nitro groups is 1. The van der Waals surface area contributed by atoms with Crippen LogP contribution < -0.4 is 15.0 Å². The standard InChI is InChI=1S/C21H21BrN4O5/c1-5-12(2)20-24-16-7-6-14(22)10-15(16)21(27)25(20)23-11-13-8-17(26(28)29)19(31-4)18(9-13)30-3/h6-12H,5H2,1-4H3/t12-/m1/s1. The number of hydrogen-bond acceptors (Lipinski definition) is 7. The number of ether oxygens (including phenoxy) is 2. The van der Waals surface area contributed by atoms with Gasteiger partial charge in [0.15, 0.2) is 5.75 Å². The number of benzene rings is 2. The van der Waals surface area contributed by atoms with Gasteiger partial charge in [0.2, 0.25) is 5.75 Å². The second-order valence-corrected chi connectivity index (χ2v) is 7.75. The molecular weight excluding hydrogens is 468 g/mol. The van der Waals surface area contributed by atoms with E-state index in [4.69, 9.17) is 9.47 Å². The molecule has 0 spiro atoms. The topological polar surface area (TPSA) is 109 Å². The zero-order valence-corrected chi connectivity index (χ0v) is 19.0. The van der Waals surface area contributed by atoms with Crippen LogP contribution in [-0.2, 0) is 0 Å². The Labute approximate surface area is 186 Å². The second kappa shape index (κ2) is 9.25. The van der Waals surface area contributed by atoms with Crippen LogP contribution in [0, 0.1) is 10.1 Å². The minimum Gasteiger partial charge on any atom is -0.493 e. The van der Waals surface area contributed by atoms with E-state index in [2.05, 4.69) is 26.0 Å². The molecule has 10 heteroatoms. The largest absolute Gasteiger partial charge is 0.493 e. The lowest BCUT2D eigenvalue weighted by molar-refractivity contribution is -0.385. The van der Waals surface area contributed by atoms with Crippen molar-refractivity contribution in [1.29, 1.82) is 0 Å². The van der Waals surface area contributed by atoms with Crippen LogP contribution in [0.3, 0.4) is 0 Å². The maximum absolute atomic E-state index is 13.2. The summed E-state index contributed by atoms with van der Waals surface area (Å²) >= 11 is 3.37. The Morgan fingerprint density at radius 2 is 2.03 bits per heavy atom. The van der Waals surface area contributed by atoms with Gasteiger partial charge in [-0.1, -0.05) is 29.8 Å². The van der Waals surface area contributed by atoms with Gasteiger partial charge in [0.1, 0.15) is 5.82 Å². The molecule has 0 aliphatic rings. The molecule has 31 heavy (non-hydrogen) atoms. The summed E-state index contributed by atoms with van der Waals surface area (Å²) in [5, 5.41) is 16.2. The highest BCUT2D eigenvalue weighted by molar-refractivity contribution is 9.10. The molecule has 1 heterocycles. The molecule has 3 aromatic rings. The van der Waals surface area contributed by atoms with Crippen LogP contribution in [0.15, 0.2) is 44.7 Å². The van der Waals surface area contributed by atoms with E-state index in [0.29, 0.717) is 22.3 Å². The Balaban J connectivity index is 2.21. The number of halogens is 1. The van der Waals surface area contributed by atoms with E-state index < -0.39 is 4.92 Å². The normalized spacial score (nSPS) is 12.3. The highest BCUT2D eigenvalue weighted by Crippen LogP contribution is 2.37. The summed E-state index contributed by atoms with van der Waals surface area (Å²) in [5.74, 6) is 0.679. The molecule has 0 unspecified atom stereocenters. The Morgan fingerprint density at radius 1 is 1.29 bits per heavy atom. The lowest BCUT2D eigenvalue weighted by atomic mass is 10.1. The molecule has 2 aromatic carbocycles. The zero-order valence-electron chi connectivity index (χ0n) is 17.5. The van der Waals surface area contributed by atoms with E-state index in [1.54, 1.807) is 18.2 Å². The van der Waals surface area contributed by atoms with Gasteiger partial charge in [-0.3, -0.25) is 14.9 Å². The van der Waals surface area contributed by atoms with Gasteiger partial charge in [-0.25, -0.2) is 4.98 Å². The Morgan fingerprint density at radius 3 is 2.65 bits per heavy atom. The van der Waals surface area contributed by atoms with Gasteiger partial charge in [0, 0.05) is 22.0 Å². The molecule has 3 rings (SSSR count). The maximum atomic E-state index is 13.2. The number of rotatable bonds is 7. The maximum Gasteiger partial charge on any atom is 0.315 e. The summed E-state index contributed by atoms with van der Waals surface area (Å²) < 4.78 is 12.3. The molecular formula is C21H21BrN4O5. The number of methoxy groups -OCH3 is 2. The van der Waals surface area contributed by atoms with Crippen LogP contribution >= 0.6 is 15.9 Å². The molecule has 0 amide bonds. The molecule has 162 valence electrons. The fourth-order valence-corrected chi connectivity index (χ4v) is 3.44. The average molecular weight is 489 g/mol. The first-order valence-electron chi connectivity index (χ1n) is 9.47. The third-order valence-electron chi connectivity index (χ3n) is 4.89. The third-order valence-corrected chi connectivity index (χ3v) is 5.38. The molecule has 0 aliphatic carbocycles. The molecule has 0 aliphatic heterocycles. The number of nitrogens with zero attached hydrogens (tertiary/aromatic N) is 4. The zero-order chi connectivity index (χ0) is 22.7. The van der Waals surface area contributed by atoms with Crippen LogP contribution in [0.25, 0.3) is 10.9 Å². The summed E-state index contributed by atoms with van der Waals surface area (Å²) in [5.41, 5.74) is 0.364. The van der Waals surface area contributed by atoms with Gasteiger partial charge >= 0.3 is 5.69 Å². The van der Waals surface area contributed by atoms with E-state index in [0.717, 1.165) is 10.9 Å². The van der Waals surface area contributed by atoms with Crippen molar-refractivity contribution in [3.63, 3.8) is 0 Å². The highest BCUT2D eigenvalue weighted by Gasteiger charge is 2.21. The van der Waals surface area contributed by atoms with E-state index >= 15 is 0 Å². The minimum absolute atomic E-state index is 0.0133. The molecule has 1 atom stereocenters. The van der Waals surface area contributed by atoms with E-state index in [1.165, 1.54) is 31.2 Å². The van der Waals surface area contributed by atoms with Crippen LogP contribution in [0.2, 0.25) is 0 Å². The lowest BCUT2D eigenvalue weighted by Gasteiger charge is -2.14. The Hall–Kier alpha value is -3.27. The predicted octanol–water partition coefficient (Wildman–Crippen LogP) is 4.48. The molecule has 0 radical (unpaired) electrons. The summed E-state index contributed by atoms with van der Waals surface area (Å²) in [4.78, 5) is 28.7. The summed E-state index contributed by atoms with van der Waals surface area (Å²) in [6, 6.07) is 8.15. The van der Waals surface area contributed by atoms with Crippen molar-refractivity contribution in [2.24, 2.45) is 5.10 Å².